The molecule has 0 radical (unpaired) electrons. The fourth-order valence-corrected chi connectivity index (χ4v) is 7.90. The van der Waals surface area contributed by atoms with Crippen molar-refractivity contribution in [1.82, 2.24) is 19.1 Å². The molecule has 3 heterocycles. The molecule has 0 bridgehead atoms. The Kier molecular flexibility index (Phi) is 6.90. The molecule has 2 aromatic carbocycles. The van der Waals surface area contributed by atoms with Crippen LogP contribution >= 0.6 is 11.3 Å². The Morgan fingerprint density at radius 2 is 1.74 bits per heavy atom. The summed E-state index contributed by atoms with van der Waals surface area (Å²) in [6, 6.07) is 12.7. The minimum atomic E-state index is -3.63. The Morgan fingerprint density at radius 1 is 1.05 bits per heavy atom. The van der Waals surface area contributed by atoms with Crippen molar-refractivity contribution in [3.05, 3.63) is 59.3 Å². The van der Waals surface area contributed by atoms with Gasteiger partial charge in [0.25, 0.3) is 0 Å². The zero-order valence-corrected chi connectivity index (χ0v) is 23.6. The van der Waals surface area contributed by atoms with E-state index >= 15 is 0 Å². The van der Waals surface area contributed by atoms with Crippen LogP contribution in [0.5, 0.6) is 5.75 Å². The lowest BCUT2D eigenvalue weighted by atomic mass is 9.92. The molecule has 1 aliphatic heterocycles. The fourth-order valence-electron chi connectivity index (χ4n) is 5.45. The van der Waals surface area contributed by atoms with E-state index in [0.29, 0.717) is 24.4 Å². The number of thiazole rings is 1. The van der Waals surface area contributed by atoms with E-state index in [1.165, 1.54) is 28.3 Å². The Labute approximate surface area is 231 Å². The number of hydrogen-bond acceptors (Lipinski definition) is 7. The normalized spacial score (nSPS) is 16.8. The van der Waals surface area contributed by atoms with Crippen LogP contribution in [-0.2, 0) is 27.7 Å². The molecule has 1 saturated heterocycles. The van der Waals surface area contributed by atoms with Crippen LogP contribution in [0.25, 0.3) is 15.3 Å². The summed E-state index contributed by atoms with van der Waals surface area (Å²) in [4.78, 5) is 18.3. The van der Waals surface area contributed by atoms with Crippen molar-refractivity contribution in [2.24, 2.45) is 5.92 Å². The maximum absolute atomic E-state index is 13.3. The highest BCUT2D eigenvalue weighted by atomic mass is 32.2. The number of aryl methyl sites for hydroxylation is 3. The first-order chi connectivity index (χ1) is 18.8. The number of nitrogens with one attached hydrogen (secondary N) is 1. The van der Waals surface area contributed by atoms with Gasteiger partial charge in [0.2, 0.25) is 21.1 Å². The molecular formula is C28H31N5O4S2. The quantitative estimate of drug-likeness (QED) is 0.363. The SMILES string of the molecule is COc1ccc(S(=O)(=O)N2CCC(C(=O)Nc3cc(C)nn3-c3nc4cc5c(cc4s3)CCCC5)CC2)cc1. The molecule has 39 heavy (non-hydrogen) atoms. The first kappa shape index (κ1) is 26.0. The summed E-state index contributed by atoms with van der Waals surface area (Å²) < 4.78 is 35.6. The van der Waals surface area contributed by atoms with Crippen molar-refractivity contribution < 1.29 is 17.9 Å². The van der Waals surface area contributed by atoms with Gasteiger partial charge in [-0.05, 0) is 93.0 Å². The molecule has 1 aliphatic carbocycles. The van der Waals surface area contributed by atoms with Gasteiger partial charge < -0.3 is 10.1 Å². The molecule has 1 N–H and O–H groups in total. The van der Waals surface area contributed by atoms with Gasteiger partial charge in [-0.25, -0.2) is 13.4 Å². The number of hydrogen-bond donors (Lipinski definition) is 1. The molecule has 1 amide bonds. The van der Waals surface area contributed by atoms with Gasteiger partial charge in [0.15, 0.2) is 0 Å². The predicted molar refractivity (Wildman–Crippen MR) is 151 cm³/mol. The minimum absolute atomic E-state index is 0.130. The largest absolute Gasteiger partial charge is 0.497 e. The lowest BCUT2D eigenvalue weighted by Gasteiger charge is -2.30. The molecule has 6 rings (SSSR count). The van der Waals surface area contributed by atoms with E-state index in [2.05, 4.69) is 22.5 Å². The third kappa shape index (κ3) is 5.06. The molecular weight excluding hydrogens is 534 g/mol. The minimum Gasteiger partial charge on any atom is -0.497 e. The highest BCUT2D eigenvalue weighted by molar-refractivity contribution is 7.89. The molecule has 4 aromatic rings. The third-order valence-electron chi connectivity index (χ3n) is 7.63. The van der Waals surface area contributed by atoms with E-state index in [-0.39, 0.29) is 29.8 Å². The number of nitrogens with zero attached hydrogens (tertiary/aromatic N) is 4. The van der Waals surface area contributed by atoms with Crippen LogP contribution in [0.3, 0.4) is 0 Å². The summed E-state index contributed by atoms with van der Waals surface area (Å²) in [7, 11) is -2.09. The first-order valence-electron chi connectivity index (χ1n) is 13.3. The maximum Gasteiger partial charge on any atom is 0.243 e. The zero-order valence-electron chi connectivity index (χ0n) is 22.0. The van der Waals surface area contributed by atoms with Crippen LogP contribution in [0.15, 0.2) is 47.4 Å². The first-order valence-corrected chi connectivity index (χ1v) is 15.5. The maximum atomic E-state index is 13.3. The van der Waals surface area contributed by atoms with Crippen molar-refractivity contribution in [1.29, 1.82) is 0 Å². The number of methoxy groups -OCH3 is 1. The van der Waals surface area contributed by atoms with Crippen LogP contribution in [-0.4, -0.2) is 53.6 Å². The number of ether oxygens (including phenoxy) is 1. The second-order valence-electron chi connectivity index (χ2n) is 10.2. The van der Waals surface area contributed by atoms with Crippen LogP contribution in [0.2, 0.25) is 0 Å². The summed E-state index contributed by atoms with van der Waals surface area (Å²) in [6.45, 7) is 2.46. The van der Waals surface area contributed by atoms with Crippen molar-refractivity contribution in [3.8, 4) is 10.9 Å². The number of rotatable bonds is 6. The van der Waals surface area contributed by atoms with E-state index in [1.807, 2.05) is 13.0 Å². The molecule has 2 aromatic heterocycles. The van der Waals surface area contributed by atoms with Crippen molar-refractivity contribution in [3.63, 3.8) is 0 Å². The number of amides is 1. The monoisotopic (exact) mass is 565 g/mol. The fraction of sp³-hybridized carbons (Fsp3) is 0.393. The lowest BCUT2D eigenvalue weighted by Crippen LogP contribution is -2.41. The summed E-state index contributed by atoms with van der Waals surface area (Å²) in [5.74, 6) is 0.755. The van der Waals surface area contributed by atoms with E-state index in [9.17, 15) is 13.2 Å². The highest BCUT2D eigenvalue weighted by Crippen LogP contribution is 2.33. The van der Waals surface area contributed by atoms with Gasteiger partial charge in [0, 0.05) is 25.1 Å². The van der Waals surface area contributed by atoms with Gasteiger partial charge in [0.1, 0.15) is 11.6 Å². The summed E-state index contributed by atoms with van der Waals surface area (Å²) >= 11 is 1.57. The molecule has 9 nitrogen and oxygen atoms in total. The molecule has 0 atom stereocenters. The second kappa shape index (κ2) is 10.4. The number of benzene rings is 2. The Balaban J connectivity index is 1.15. The van der Waals surface area contributed by atoms with Gasteiger partial charge in [-0.1, -0.05) is 11.3 Å². The van der Waals surface area contributed by atoms with Gasteiger partial charge in [0.05, 0.1) is 27.9 Å². The van der Waals surface area contributed by atoms with Crippen LogP contribution in [0.1, 0.15) is 42.5 Å². The smallest absolute Gasteiger partial charge is 0.243 e. The predicted octanol–water partition coefficient (Wildman–Crippen LogP) is 4.72. The lowest BCUT2D eigenvalue weighted by molar-refractivity contribution is -0.120. The van der Waals surface area contributed by atoms with E-state index in [0.717, 1.165) is 33.9 Å². The Bertz CT molecular complexity index is 1590. The molecule has 1 fully saturated rings. The topological polar surface area (TPSA) is 106 Å². The number of sulfonamides is 1. The van der Waals surface area contributed by atoms with Gasteiger partial charge >= 0.3 is 0 Å². The average Bonchev–Trinajstić information content (AvgIpc) is 3.53. The second-order valence-corrected chi connectivity index (χ2v) is 13.2. The number of piperidine rings is 1. The standard InChI is InChI=1S/C28H31N5O4S2/c1-18-15-26(33(31-18)28-29-24-16-20-5-3-4-6-21(20)17-25(24)38-28)30-27(34)19-11-13-32(14-12-19)39(35,36)23-9-7-22(37-2)8-10-23/h7-10,15-17,19H,3-6,11-14H2,1-2H3,(H,30,34). The molecule has 0 spiro atoms. The van der Waals surface area contributed by atoms with E-state index < -0.39 is 10.0 Å². The van der Waals surface area contributed by atoms with Crippen molar-refractivity contribution in [2.75, 3.05) is 25.5 Å². The number of carbonyl (C=O) groups excluding carboxylic acids is 1. The average molecular weight is 566 g/mol. The van der Waals surface area contributed by atoms with E-state index in [1.54, 1.807) is 47.4 Å². The van der Waals surface area contributed by atoms with Crippen LogP contribution in [0.4, 0.5) is 5.82 Å². The molecule has 0 unspecified atom stereocenters. The van der Waals surface area contributed by atoms with Crippen molar-refractivity contribution in [2.45, 2.75) is 50.3 Å². The summed E-state index contributed by atoms with van der Waals surface area (Å²) in [6.07, 6.45) is 5.55. The van der Waals surface area contributed by atoms with E-state index in [4.69, 9.17) is 9.72 Å². The summed E-state index contributed by atoms with van der Waals surface area (Å²) in [5.41, 5.74) is 4.54. The summed E-state index contributed by atoms with van der Waals surface area (Å²) in [5, 5.41) is 8.38. The van der Waals surface area contributed by atoms with Gasteiger partial charge in [-0.3, -0.25) is 4.79 Å². The molecule has 0 saturated carbocycles. The Morgan fingerprint density at radius 3 is 2.44 bits per heavy atom. The van der Waals surface area contributed by atoms with Crippen LogP contribution < -0.4 is 10.1 Å². The molecule has 11 heteroatoms. The van der Waals surface area contributed by atoms with Crippen LogP contribution in [0, 0.1) is 12.8 Å². The van der Waals surface area contributed by atoms with Gasteiger partial charge in [-0.2, -0.15) is 14.1 Å². The van der Waals surface area contributed by atoms with Crippen molar-refractivity contribution >= 4 is 43.3 Å². The highest BCUT2D eigenvalue weighted by Gasteiger charge is 2.32. The Hall–Kier alpha value is -3.28. The number of fused-ring (bicyclic) bond motifs is 2. The molecule has 2 aliphatic rings. The number of aromatic nitrogens is 3. The van der Waals surface area contributed by atoms with Gasteiger partial charge in [-0.15, -0.1) is 0 Å². The zero-order chi connectivity index (χ0) is 27.1. The number of anilines is 1. The number of carbonyl (C=O) groups is 1. The third-order valence-corrected chi connectivity index (χ3v) is 10.5. The molecule has 204 valence electrons.